The van der Waals surface area contributed by atoms with Crippen LogP contribution in [0.1, 0.15) is 32.0 Å². The predicted octanol–water partition coefficient (Wildman–Crippen LogP) is 3.31. The number of aromatic nitrogens is 1. The minimum absolute atomic E-state index is 0.208. The zero-order valence-electron chi connectivity index (χ0n) is 16.7. The van der Waals surface area contributed by atoms with Crippen molar-refractivity contribution in [2.45, 2.75) is 13.5 Å². The molecule has 0 aliphatic heterocycles. The summed E-state index contributed by atoms with van der Waals surface area (Å²) in [4.78, 5) is 29.1. The number of carbonyl (C=O) groups is 2. The highest BCUT2D eigenvalue weighted by Crippen LogP contribution is 2.38. The number of aryl methyl sites for hydroxylation is 1. The van der Waals surface area contributed by atoms with Gasteiger partial charge in [-0.3, -0.25) is 14.6 Å². The second-order valence-corrected chi connectivity index (χ2v) is 6.34. The van der Waals surface area contributed by atoms with Crippen molar-refractivity contribution in [2.75, 3.05) is 21.3 Å². The van der Waals surface area contributed by atoms with Gasteiger partial charge in [-0.2, -0.15) is 0 Å². The van der Waals surface area contributed by atoms with Crippen molar-refractivity contribution in [1.82, 2.24) is 10.3 Å². The number of benzene rings is 2. The average Bonchev–Trinajstić information content (AvgIpc) is 2.75. The normalized spacial score (nSPS) is 10.5. The van der Waals surface area contributed by atoms with Gasteiger partial charge in [0.1, 0.15) is 0 Å². The molecule has 1 N–H and O–H groups in total. The maximum absolute atomic E-state index is 12.9. The van der Waals surface area contributed by atoms with Crippen molar-refractivity contribution in [3.8, 4) is 17.2 Å². The van der Waals surface area contributed by atoms with Crippen LogP contribution in [0.3, 0.4) is 0 Å². The molecule has 7 nitrogen and oxygen atoms in total. The topological polar surface area (TPSA) is 86.8 Å². The Hall–Kier alpha value is -3.61. The van der Waals surface area contributed by atoms with E-state index in [-0.39, 0.29) is 18.0 Å². The standard InChI is InChI=1S/C22H22N2O5/c1-13-20(16(12-25)15-7-5-6-8-17(15)24-13)22(26)23-11-14-9-18(27-2)21(29-4)19(10-14)28-3/h5-10,12H,11H2,1-4H3,(H,23,26). The lowest BCUT2D eigenvalue weighted by Gasteiger charge is -2.15. The Morgan fingerprint density at radius 2 is 1.72 bits per heavy atom. The number of nitrogens with zero attached hydrogens (tertiary/aromatic N) is 1. The molecule has 0 aliphatic carbocycles. The fraction of sp³-hybridized carbons (Fsp3) is 0.227. The largest absolute Gasteiger partial charge is 0.493 e. The van der Waals surface area contributed by atoms with E-state index in [0.717, 1.165) is 5.56 Å². The monoisotopic (exact) mass is 394 g/mol. The lowest BCUT2D eigenvalue weighted by Crippen LogP contribution is -2.25. The van der Waals surface area contributed by atoms with Gasteiger partial charge >= 0.3 is 0 Å². The minimum atomic E-state index is -0.378. The van der Waals surface area contributed by atoms with Crippen LogP contribution in [0, 0.1) is 6.92 Å². The summed E-state index contributed by atoms with van der Waals surface area (Å²) in [6.07, 6.45) is 0.700. The van der Waals surface area contributed by atoms with Crippen LogP contribution in [-0.4, -0.2) is 38.5 Å². The molecule has 0 aliphatic rings. The molecular formula is C22H22N2O5. The Labute approximate surface area is 168 Å². The maximum atomic E-state index is 12.9. The number of carbonyl (C=O) groups excluding carboxylic acids is 2. The lowest BCUT2D eigenvalue weighted by molar-refractivity contribution is 0.0944. The number of rotatable bonds is 7. The van der Waals surface area contributed by atoms with Gasteiger partial charge in [0.25, 0.3) is 5.91 Å². The molecule has 0 spiro atoms. The number of hydrogen-bond acceptors (Lipinski definition) is 6. The number of pyridine rings is 1. The molecular weight excluding hydrogens is 372 g/mol. The molecule has 7 heteroatoms. The first kappa shape index (κ1) is 20.1. The maximum Gasteiger partial charge on any atom is 0.254 e. The third-order valence-corrected chi connectivity index (χ3v) is 4.64. The molecule has 0 radical (unpaired) electrons. The summed E-state index contributed by atoms with van der Waals surface area (Å²) in [5, 5.41) is 3.49. The van der Waals surface area contributed by atoms with Crippen LogP contribution < -0.4 is 19.5 Å². The first-order valence-corrected chi connectivity index (χ1v) is 8.95. The predicted molar refractivity (Wildman–Crippen MR) is 109 cm³/mol. The van der Waals surface area contributed by atoms with E-state index in [1.54, 1.807) is 25.1 Å². The Bertz CT molecular complexity index is 1050. The van der Waals surface area contributed by atoms with Crippen LogP contribution in [0.5, 0.6) is 17.2 Å². The van der Waals surface area contributed by atoms with Gasteiger partial charge in [0.05, 0.1) is 38.1 Å². The van der Waals surface area contributed by atoms with E-state index >= 15 is 0 Å². The molecule has 1 heterocycles. The molecule has 29 heavy (non-hydrogen) atoms. The summed E-state index contributed by atoms with van der Waals surface area (Å²) in [5.74, 6) is 1.08. The van der Waals surface area contributed by atoms with E-state index in [9.17, 15) is 9.59 Å². The van der Waals surface area contributed by atoms with Crippen molar-refractivity contribution in [3.63, 3.8) is 0 Å². The van der Waals surface area contributed by atoms with Crippen molar-refractivity contribution in [1.29, 1.82) is 0 Å². The first-order chi connectivity index (χ1) is 14.0. The average molecular weight is 394 g/mol. The number of amides is 1. The van der Waals surface area contributed by atoms with Crippen LogP contribution in [0.4, 0.5) is 0 Å². The van der Waals surface area contributed by atoms with Gasteiger partial charge in [-0.15, -0.1) is 0 Å². The number of methoxy groups -OCH3 is 3. The molecule has 0 saturated carbocycles. The van der Waals surface area contributed by atoms with E-state index in [0.29, 0.717) is 45.7 Å². The summed E-state index contributed by atoms with van der Waals surface area (Å²) in [5.41, 5.74) is 2.52. The summed E-state index contributed by atoms with van der Waals surface area (Å²) in [6.45, 7) is 1.92. The molecule has 3 rings (SSSR count). The van der Waals surface area contributed by atoms with Gasteiger partial charge in [0, 0.05) is 17.5 Å². The fourth-order valence-electron chi connectivity index (χ4n) is 3.28. The molecule has 0 unspecified atom stereocenters. The highest BCUT2D eigenvalue weighted by atomic mass is 16.5. The van der Waals surface area contributed by atoms with E-state index in [4.69, 9.17) is 14.2 Å². The van der Waals surface area contributed by atoms with E-state index in [1.807, 2.05) is 18.2 Å². The van der Waals surface area contributed by atoms with Crippen LogP contribution in [0.15, 0.2) is 36.4 Å². The van der Waals surface area contributed by atoms with Crippen molar-refractivity contribution >= 4 is 23.1 Å². The molecule has 1 amide bonds. The second kappa shape index (κ2) is 8.60. The van der Waals surface area contributed by atoms with Gasteiger partial charge < -0.3 is 19.5 Å². The number of ether oxygens (including phenoxy) is 3. The Balaban J connectivity index is 1.92. The van der Waals surface area contributed by atoms with Gasteiger partial charge in [0.2, 0.25) is 5.75 Å². The van der Waals surface area contributed by atoms with Gasteiger partial charge in [-0.05, 0) is 30.7 Å². The Morgan fingerprint density at radius 1 is 1.07 bits per heavy atom. The Kier molecular flexibility index (Phi) is 5.97. The SMILES string of the molecule is COc1cc(CNC(=O)c2c(C)nc3ccccc3c2C=O)cc(OC)c1OC. The van der Waals surface area contributed by atoms with E-state index in [2.05, 4.69) is 10.3 Å². The van der Waals surface area contributed by atoms with Crippen LogP contribution in [0.2, 0.25) is 0 Å². The summed E-state index contributed by atoms with van der Waals surface area (Å²) in [6, 6.07) is 10.8. The molecule has 1 aromatic heterocycles. The summed E-state index contributed by atoms with van der Waals surface area (Å²) < 4.78 is 16.0. The lowest BCUT2D eigenvalue weighted by atomic mass is 10.0. The third-order valence-electron chi connectivity index (χ3n) is 4.64. The van der Waals surface area contributed by atoms with Gasteiger partial charge in [-0.1, -0.05) is 18.2 Å². The number of para-hydroxylation sites is 1. The van der Waals surface area contributed by atoms with Crippen molar-refractivity contribution < 1.29 is 23.8 Å². The van der Waals surface area contributed by atoms with Crippen LogP contribution >= 0.6 is 0 Å². The number of hydrogen-bond donors (Lipinski definition) is 1. The highest BCUT2D eigenvalue weighted by Gasteiger charge is 2.19. The van der Waals surface area contributed by atoms with Crippen molar-refractivity contribution in [2.24, 2.45) is 0 Å². The van der Waals surface area contributed by atoms with Gasteiger partial charge in [0.15, 0.2) is 17.8 Å². The summed E-state index contributed by atoms with van der Waals surface area (Å²) in [7, 11) is 4.58. The smallest absolute Gasteiger partial charge is 0.254 e. The first-order valence-electron chi connectivity index (χ1n) is 8.95. The van der Waals surface area contributed by atoms with Crippen LogP contribution in [0.25, 0.3) is 10.9 Å². The van der Waals surface area contributed by atoms with Crippen molar-refractivity contribution in [3.05, 3.63) is 58.8 Å². The zero-order chi connectivity index (χ0) is 21.0. The van der Waals surface area contributed by atoms with E-state index < -0.39 is 0 Å². The molecule has 3 aromatic rings. The van der Waals surface area contributed by atoms with Crippen LogP contribution in [-0.2, 0) is 6.54 Å². The van der Waals surface area contributed by atoms with E-state index in [1.165, 1.54) is 21.3 Å². The number of nitrogens with one attached hydrogen (secondary N) is 1. The molecule has 0 bridgehead atoms. The Morgan fingerprint density at radius 3 is 2.31 bits per heavy atom. The minimum Gasteiger partial charge on any atom is -0.493 e. The zero-order valence-corrected chi connectivity index (χ0v) is 16.7. The number of fused-ring (bicyclic) bond motifs is 1. The third kappa shape index (κ3) is 3.85. The molecule has 0 saturated heterocycles. The molecule has 150 valence electrons. The quantitative estimate of drug-likeness (QED) is 0.619. The number of aldehydes is 1. The van der Waals surface area contributed by atoms with Gasteiger partial charge in [-0.25, -0.2) is 0 Å². The molecule has 2 aromatic carbocycles. The summed E-state index contributed by atoms with van der Waals surface area (Å²) >= 11 is 0. The second-order valence-electron chi connectivity index (χ2n) is 6.34. The molecule has 0 atom stereocenters. The fourth-order valence-corrected chi connectivity index (χ4v) is 3.28. The molecule has 0 fully saturated rings. The highest BCUT2D eigenvalue weighted by molar-refractivity contribution is 6.09.